The third-order valence-corrected chi connectivity index (χ3v) is 5.88. The third kappa shape index (κ3) is 2.40. The van der Waals surface area contributed by atoms with Gasteiger partial charge in [-0.15, -0.1) is 0 Å². The minimum absolute atomic E-state index is 0.268. The first-order valence-electron chi connectivity index (χ1n) is 8.41. The van der Waals surface area contributed by atoms with Crippen LogP contribution in [-0.4, -0.2) is 18.3 Å². The summed E-state index contributed by atoms with van der Waals surface area (Å²) in [5.74, 6) is -0.483. The first-order chi connectivity index (χ1) is 13.7. The molecule has 0 bridgehead atoms. The second kappa shape index (κ2) is 5.60. The Labute approximate surface area is 161 Å². The highest BCUT2D eigenvalue weighted by molar-refractivity contribution is 7.88. The molecule has 2 aromatic heterocycles. The Bertz CT molecular complexity index is 1600. The molecule has 146 valence electrons. The standard InChI is InChI=1S/C20H10F3NO4S/c21-20(22,23)29(26,27)28-11-8-9-17-16(10-11)14-7-3-6-13-12-4-1-2-5-15(12)19(25)24(17)18(13)14/h1-10H. The van der Waals surface area contributed by atoms with Gasteiger partial charge in [0.2, 0.25) is 0 Å². The zero-order chi connectivity index (χ0) is 20.6. The monoisotopic (exact) mass is 417 g/mol. The van der Waals surface area contributed by atoms with Crippen LogP contribution in [0.1, 0.15) is 0 Å². The van der Waals surface area contributed by atoms with E-state index in [0.717, 1.165) is 16.8 Å². The average molecular weight is 417 g/mol. The summed E-state index contributed by atoms with van der Waals surface area (Å²) in [6.07, 6.45) is 0. The molecule has 0 aliphatic heterocycles. The highest BCUT2D eigenvalue weighted by Crippen LogP contribution is 2.36. The van der Waals surface area contributed by atoms with E-state index in [2.05, 4.69) is 4.18 Å². The lowest BCUT2D eigenvalue weighted by atomic mass is 10.0. The summed E-state index contributed by atoms with van der Waals surface area (Å²) in [5.41, 5.74) is -4.74. The normalized spacial score (nSPS) is 13.1. The molecule has 5 rings (SSSR count). The van der Waals surface area contributed by atoms with Crippen molar-refractivity contribution in [3.05, 3.63) is 71.0 Å². The summed E-state index contributed by atoms with van der Waals surface area (Å²) in [5, 5.41) is 3.09. The Kier molecular flexibility index (Phi) is 3.43. The molecule has 2 heterocycles. The molecule has 0 fully saturated rings. The molecule has 0 saturated carbocycles. The van der Waals surface area contributed by atoms with Gasteiger partial charge in [0.25, 0.3) is 5.56 Å². The predicted octanol–water partition coefficient (Wildman–Crippen LogP) is 4.43. The number of para-hydroxylation sites is 1. The predicted molar refractivity (Wildman–Crippen MR) is 103 cm³/mol. The van der Waals surface area contributed by atoms with Crippen molar-refractivity contribution < 1.29 is 25.8 Å². The Hall–Kier alpha value is -3.33. The van der Waals surface area contributed by atoms with Gasteiger partial charge in [0.15, 0.2) is 0 Å². The van der Waals surface area contributed by atoms with Gasteiger partial charge in [-0.2, -0.15) is 21.6 Å². The molecule has 0 aliphatic rings. The number of rotatable bonds is 2. The molecule has 0 radical (unpaired) electrons. The van der Waals surface area contributed by atoms with Crippen LogP contribution in [0.5, 0.6) is 5.75 Å². The zero-order valence-corrected chi connectivity index (χ0v) is 15.2. The van der Waals surface area contributed by atoms with Crippen molar-refractivity contribution in [1.82, 2.24) is 4.40 Å². The van der Waals surface area contributed by atoms with Gasteiger partial charge in [-0.05, 0) is 29.7 Å². The topological polar surface area (TPSA) is 64.9 Å². The summed E-state index contributed by atoms with van der Waals surface area (Å²) < 4.78 is 66.4. The van der Waals surface area contributed by atoms with Gasteiger partial charge >= 0.3 is 15.6 Å². The molecule has 5 nitrogen and oxygen atoms in total. The fourth-order valence-corrected chi connectivity index (χ4v) is 4.18. The van der Waals surface area contributed by atoms with Crippen molar-refractivity contribution in [3.63, 3.8) is 0 Å². The maximum Gasteiger partial charge on any atom is 0.534 e. The van der Waals surface area contributed by atoms with Crippen molar-refractivity contribution in [2.45, 2.75) is 5.51 Å². The molecule has 5 aromatic rings. The number of pyridine rings is 1. The van der Waals surface area contributed by atoms with E-state index in [9.17, 15) is 26.4 Å². The van der Waals surface area contributed by atoms with Crippen LogP contribution in [0.25, 0.3) is 38.0 Å². The highest BCUT2D eigenvalue weighted by Gasteiger charge is 2.48. The molecular weight excluding hydrogens is 407 g/mol. The van der Waals surface area contributed by atoms with Gasteiger partial charge in [-0.3, -0.25) is 9.20 Å². The van der Waals surface area contributed by atoms with Crippen LogP contribution in [0.2, 0.25) is 0 Å². The van der Waals surface area contributed by atoms with Gasteiger partial charge in [0.1, 0.15) is 5.75 Å². The zero-order valence-electron chi connectivity index (χ0n) is 14.4. The summed E-state index contributed by atoms with van der Waals surface area (Å²) in [4.78, 5) is 13.1. The van der Waals surface area contributed by atoms with E-state index in [0.29, 0.717) is 27.2 Å². The van der Waals surface area contributed by atoms with Crippen molar-refractivity contribution >= 4 is 48.1 Å². The summed E-state index contributed by atoms with van der Waals surface area (Å²) >= 11 is 0. The quantitative estimate of drug-likeness (QED) is 0.242. The molecular formula is C20H10F3NO4S. The van der Waals surface area contributed by atoms with Gasteiger partial charge < -0.3 is 4.18 Å². The average Bonchev–Trinajstić information content (AvgIpc) is 3.00. The lowest BCUT2D eigenvalue weighted by Gasteiger charge is -2.09. The van der Waals surface area contributed by atoms with Crippen LogP contribution >= 0.6 is 0 Å². The van der Waals surface area contributed by atoms with E-state index in [-0.39, 0.29) is 5.56 Å². The summed E-state index contributed by atoms with van der Waals surface area (Å²) in [6, 6.07) is 16.1. The summed E-state index contributed by atoms with van der Waals surface area (Å²) in [7, 11) is -5.80. The smallest absolute Gasteiger partial charge is 0.376 e. The SMILES string of the molecule is O=c1c2ccccc2c2cccc3c4cc(OS(=O)(=O)C(F)(F)F)ccc4n1c23. The van der Waals surface area contributed by atoms with Gasteiger partial charge in [0, 0.05) is 21.5 Å². The number of nitrogens with zero attached hydrogens (tertiary/aromatic N) is 1. The third-order valence-electron chi connectivity index (χ3n) is 4.90. The minimum atomic E-state index is -5.80. The van der Waals surface area contributed by atoms with Crippen LogP contribution in [0, 0.1) is 0 Å². The van der Waals surface area contributed by atoms with Crippen LogP contribution in [-0.2, 0) is 10.1 Å². The first-order valence-corrected chi connectivity index (χ1v) is 9.82. The van der Waals surface area contributed by atoms with Gasteiger partial charge in [-0.25, -0.2) is 0 Å². The number of fused-ring (bicyclic) bond motifs is 5. The Morgan fingerprint density at radius 2 is 1.41 bits per heavy atom. The van der Waals surface area contributed by atoms with E-state index < -0.39 is 21.4 Å². The van der Waals surface area contributed by atoms with Crippen molar-refractivity contribution in [3.8, 4) is 5.75 Å². The molecule has 3 aromatic carbocycles. The van der Waals surface area contributed by atoms with E-state index >= 15 is 0 Å². The molecule has 29 heavy (non-hydrogen) atoms. The molecule has 0 unspecified atom stereocenters. The lowest BCUT2D eigenvalue weighted by Crippen LogP contribution is -2.28. The molecule has 0 spiro atoms. The Morgan fingerprint density at radius 3 is 2.10 bits per heavy atom. The van der Waals surface area contributed by atoms with E-state index in [1.165, 1.54) is 16.5 Å². The Morgan fingerprint density at radius 1 is 0.793 bits per heavy atom. The summed E-state index contributed by atoms with van der Waals surface area (Å²) in [6.45, 7) is 0. The second-order valence-corrected chi connectivity index (χ2v) is 8.09. The molecule has 0 amide bonds. The van der Waals surface area contributed by atoms with Crippen molar-refractivity contribution in [2.75, 3.05) is 0 Å². The van der Waals surface area contributed by atoms with E-state index in [1.807, 2.05) is 18.2 Å². The molecule has 0 atom stereocenters. The van der Waals surface area contributed by atoms with Crippen LogP contribution < -0.4 is 9.74 Å². The second-order valence-electron chi connectivity index (χ2n) is 6.55. The fraction of sp³-hybridized carbons (Fsp3) is 0.0500. The maximum absolute atomic E-state index is 13.1. The number of halogens is 3. The molecule has 0 N–H and O–H groups in total. The highest BCUT2D eigenvalue weighted by atomic mass is 32.2. The van der Waals surface area contributed by atoms with Crippen LogP contribution in [0.4, 0.5) is 13.2 Å². The molecule has 9 heteroatoms. The number of hydrogen-bond acceptors (Lipinski definition) is 4. The molecule has 0 saturated heterocycles. The minimum Gasteiger partial charge on any atom is -0.376 e. The van der Waals surface area contributed by atoms with Gasteiger partial charge in [0.05, 0.1) is 11.0 Å². The largest absolute Gasteiger partial charge is 0.534 e. The number of aromatic nitrogens is 1. The van der Waals surface area contributed by atoms with Crippen LogP contribution in [0.3, 0.4) is 0 Å². The van der Waals surface area contributed by atoms with Crippen molar-refractivity contribution in [1.29, 1.82) is 0 Å². The van der Waals surface area contributed by atoms with E-state index in [1.54, 1.807) is 24.3 Å². The van der Waals surface area contributed by atoms with Crippen LogP contribution in [0.15, 0.2) is 65.5 Å². The van der Waals surface area contributed by atoms with E-state index in [4.69, 9.17) is 0 Å². The van der Waals surface area contributed by atoms with Gasteiger partial charge in [-0.1, -0.05) is 36.4 Å². The number of alkyl halides is 3. The fourth-order valence-electron chi connectivity index (χ4n) is 3.73. The number of benzene rings is 3. The first kappa shape index (κ1) is 17.7. The molecule has 0 aliphatic carbocycles. The van der Waals surface area contributed by atoms with Crippen molar-refractivity contribution in [2.24, 2.45) is 0 Å². The number of hydrogen-bond donors (Lipinski definition) is 0. The Balaban J connectivity index is 1.88. The lowest BCUT2D eigenvalue weighted by molar-refractivity contribution is -0.0500. The maximum atomic E-state index is 13.1.